The Labute approximate surface area is 139 Å². The number of urea groups is 1. The van der Waals surface area contributed by atoms with Gasteiger partial charge in [0.1, 0.15) is 5.69 Å². The van der Waals surface area contributed by atoms with Crippen molar-refractivity contribution in [1.29, 1.82) is 0 Å². The van der Waals surface area contributed by atoms with Gasteiger partial charge in [0.2, 0.25) is 0 Å². The zero-order chi connectivity index (χ0) is 16.2. The highest BCUT2D eigenvalue weighted by molar-refractivity contribution is 7.14. The fourth-order valence-electron chi connectivity index (χ4n) is 3.25. The maximum Gasteiger partial charge on any atom is 0.323 e. The average Bonchev–Trinajstić information content (AvgIpc) is 3.04. The van der Waals surface area contributed by atoms with Crippen molar-refractivity contribution in [1.82, 2.24) is 9.88 Å². The topological polar surface area (TPSA) is 97.5 Å². The van der Waals surface area contributed by atoms with E-state index >= 15 is 0 Å². The summed E-state index contributed by atoms with van der Waals surface area (Å²) < 4.78 is 5.87. The van der Waals surface area contributed by atoms with Crippen LogP contribution in [0, 0.1) is 5.92 Å². The van der Waals surface area contributed by atoms with Gasteiger partial charge in [0.05, 0.1) is 6.10 Å². The number of nitrogens with one attached hydrogen (secondary N) is 1. The van der Waals surface area contributed by atoms with Crippen molar-refractivity contribution in [2.24, 2.45) is 11.7 Å². The summed E-state index contributed by atoms with van der Waals surface area (Å²) in [5, 5.41) is 4.71. The van der Waals surface area contributed by atoms with E-state index in [0.717, 1.165) is 38.8 Å². The first-order valence-corrected chi connectivity index (χ1v) is 8.94. The van der Waals surface area contributed by atoms with Crippen LogP contribution in [0.15, 0.2) is 5.38 Å². The summed E-state index contributed by atoms with van der Waals surface area (Å²) in [6.45, 7) is 2.29. The fourth-order valence-corrected chi connectivity index (χ4v) is 3.94. The second-order valence-corrected chi connectivity index (χ2v) is 6.94. The molecule has 8 heteroatoms. The number of rotatable bonds is 3. The van der Waals surface area contributed by atoms with E-state index in [0.29, 0.717) is 17.6 Å². The van der Waals surface area contributed by atoms with Gasteiger partial charge in [-0.2, -0.15) is 0 Å². The van der Waals surface area contributed by atoms with Gasteiger partial charge in [-0.3, -0.25) is 10.1 Å². The molecule has 2 atom stereocenters. The molecule has 0 aliphatic carbocycles. The molecule has 2 aliphatic rings. The number of carbonyl (C=O) groups excluding carboxylic acids is 2. The third-order valence-electron chi connectivity index (χ3n) is 4.46. The molecule has 23 heavy (non-hydrogen) atoms. The van der Waals surface area contributed by atoms with E-state index in [-0.39, 0.29) is 17.8 Å². The molecule has 3 rings (SSSR count). The minimum Gasteiger partial charge on any atom is -0.378 e. The summed E-state index contributed by atoms with van der Waals surface area (Å²) in [5.41, 5.74) is 5.35. The Morgan fingerprint density at radius 3 is 2.91 bits per heavy atom. The second kappa shape index (κ2) is 7.27. The van der Waals surface area contributed by atoms with Crippen LogP contribution in [0.25, 0.3) is 0 Å². The van der Waals surface area contributed by atoms with Gasteiger partial charge in [0, 0.05) is 31.0 Å². The maximum absolute atomic E-state index is 12.4. The standard InChI is InChI=1S/C15H22N4O3S/c16-13(20)11-9-23-14(17-11)18-15(21)19-6-3-4-10(8-19)12-5-1-2-7-22-12/h9-10,12H,1-8H2,(H2,16,20)(H,17,18,21). The van der Waals surface area contributed by atoms with E-state index in [2.05, 4.69) is 10.3 Å². The Hall–Kier alpha value is -1.67. The first-order chi connectivity index (χ1) is 11.1. The highest BCUT2D eigenvalue weighted by atomic mass is 32.1. The van der Waals surface area contributed by atoms with Gasteiger partial charge in [0.15, 0.2) is 5.13 Å². The molecule has 2 unspecified atom stereocenters. The minimum atomic E-state index is -0.589. The lowest BCUT2D eigenvalue weighted by atomic mass is 9.88. The molecule has 3 N–H and O–H groups in total. The molecule has 126 valence electrons. The van der Waals surface area contributed by atoms with Crippen LogP contribution in [0.4, 0.5) is 9.93 Å². The Kier molecular flexibility index (Phi) is 5.12. The average molecular weight is 338 g/mol. The molecule has 2 aliphatic heterocycles. The normalized spacial score (nSPS) is 25.1. The number of hydrogen-bond donors (Lipinski definition) is 2. The lowest BCUT2D eigenvalue weighted by Gasteiger charge is -2.38. The molecule has 0 saturated carbocycles. The summed E-state index contributed by atoms with van der Waals surface area (Å²) in [6, 6.07) is -0.170. The van der Waals surface area contributed by atoms with Gasteiger partial charge in [0.25, 0.3) is 5.91 Å². The summed E-state index contributed by atoms with van der Waals surface area (Å²) in [6.07, 6.45) is 5.82. The number of aromatic nitrogens is 1. The number of carbonyl (C=O) groups is 2. The monoisotopic (exact) mass is 338 g/mol. The Balaban J connectivity index is 1.56. The molecule has 0 spiro atoms. The van der Waals surface area contributed by atoms with Gasteiger partial charge in [-0.15, -0.1) is 11.3 Å². The van der Waals surface area contributed by atoms with Gasteiger partial charge >= 0.3 is 6.03 Å². The van der Waals surface area contributed by atoms with Crippen molar-refractivity contribution in [3.05, 3.63) is 11.1 Å². The molecule has 0 radical (unpaired) electrons. The van der Waals surface area contributed by atoms with E-state index in [9.17, 15) is 9.59 Å². The highest BCUT2D eigenvalue weighted by Gasteiger charge is 2.31. The third-order valence-corrected chi connectivity index (χ3v) is 5.21. The van der Waals surface area contributed by atoms with E-state index in [1.165, 1.54) is 17.8 Å². The fraction of sp³-hybridized carbons (Fsp3) is 0.667. The molecule has 2 fully saturated rings. The molecule has 0 bridgehead atoms. The number of hydrogen-bond acceptors (Lipinski definition) is 5. The molecule has 3 amide bonds. The van der Waals surface area contributed by atoms with Crippen LogP contribution in [-0.2, 0) is 4.74 Å². The van der Waals surface area contributed by atoms with Crippen LogP contribution >= 0.6 is 11.3 Å². The summed E-state index contributed by atoms with van der Waals surface area (Å²) in [4.78, 5) is 29.3. The summed E-state index contributed by atoms with van der Waals surface area (Å²) in [7, 11) is 0. The predicted molar refractivity (Wildman–Crippen MR) is 87.5 cm³/mol. The first-order valence-electron chi connectivity index (χ1n) is 8.06. The van der Waals surface area contributed by atoms with Crippen LogP contribution in [0.1, 0.15) is 42.6 Å². The van der Waals surface area contributed by atoms with Gasteiger partial charge in [-0.1, -0.05) is 0 Å². The highest BCUT2D eigenvalue weighted by Crippen LogP contribution is 2.28. The van der Waals surface area contributed by atoms with Crippen molar-refractivity contribution in [3.8, 4) is 0 Å². The SMILES string of the molecule is NC(=O)c1csc(NC(=O)N2CCCC(C3CCCCO3)C2)n1. The Morgan fingerprint density at radius 2 is 2.22 bits per heavy atom. The molecular weight excluding hydrogens is 316 g/mol. The quantitative estimate of drug-likeness (QED) is 0.881. The van der Waals surface area contributed by atoms with Crippen molar-refractivity contribution in [2.75, 3.05) is 25.0 Å². The number of anilines is 1. The van der Waals surface area contributed by atoms with E-state index in [4.69, 9.17) is 10.5 Å². The summed E-state index contributed by atoms with van der Waals surface area (Å²) >= 11 is 1.20. The van der Waals surface area contributed by atoms with E-state index in [1.807, 2.05) is 4.90 Å². The lowest BCUT2D eigenvalue weighted by molar-refractivity contribution is -0.0360. The number of ether oxygens (including phenoxy) is 1. The van der Waals surface area contributed by atoms with Gasteiger partial charge < -0.3 is 15.4 Å². The lowest BCUT2D eigenvalue weighted by Crippen LogP contribution is -2.46. The predicted octanol–water partition coefficient (Wildman–Crippen LogP) is 2.06. The smallest absolute Gasteiger partial charge is 0.323 e. The Morgan fingerprint density at radius 1 is 1.35 bits per heavy atom. The van der Waals surface area contributed by atoms with Crippen molar-refractivity contribution >= 4 is 28.4 Å². The van der Waals surface area contributed by atoms with Crippen molar-refractivity contribution in [2.45, 2.75) is 38.2 Å². The van der Waals surface area contributed by atoms with Crippen LogP contribution in [0.2, 0.25) is 0 Å². The largest absolute Gasteiger partial charge is 0.378 e. The van der Waals surface area contributed by atoms with Crippen LogP contribution in [-0.4, -0.2) is 47.6 Å². The van der Waals surface area contributed by atoms with Crippen molar-refractivity contribution < 1.29 is 14.3 Å². The molecule has 1 aromatic heterocycles. The number of nitrogens with zero attached hydrogens (tertiary/aromatic N) is 2. The van der Waals surface area contributed by atoms with E-state index in [1.54, 1.807) is 5.38 Å². The number of likely N-dealkylation sites (tertiary alicyclic amines) is 1. The van der Waals surface area contributed by atoms with Crippen LogP contribution in [0.3, 0.4) is 0 Å². The third kappa shape index (κ3) is 4.00. The number of nitrogens with two attached hydrogens (primary N) is 1. The molecule has 7 nitrogen and oxygen atoms in total. The zero-order valence-corrected chi connectivity index (χ0v) is 13.8. The molecule has 0 aromatic carbocycles. The Bertz CT molecular complexity index is 571. The molecule has 1 aromatic rings. The number of amides is 3. The first kappa shape index (κ1) is 16.2. The zero-order valence-electron chi connectivity index (χ0n) is 13.0. The van der Waals surface area contributed by atoms with E-state index < -0.39 is 5.91 Å². The molecular formula is C15H22N4O3S. The maximum atomic E-state index is 12.4. The number of thiazole rings is 1. The minimum absolute atomic E-state index is 0.170. The molecule has 3 heterocycles. The van der Waals surface area contributed by atoms with Gasteiger partial charge in [-0.05, 0) is 32.1 Å². The van der Waals surface area contributed by atoms with Crippen LogP contribution in [0.5, 0.6) is 0 Å². The van der Waals surface area contributed by atoms with Crippen LogP contribution < -0.4 is 11.1 Å². The van der Waals surface area contributed by atoms with Gasteiger partial charge in [-0.25, -0.2) is 9.78 Å². The number of piperidine rings is 1. The van der Waals surface area contributed by atoms with Crippen molar-refractivity contribution in [3.63, 3.8) is 0 Å². The summed E-state index contributed by atoms with van der Waals surface area (Å²) in [5.74, 6) is -0.179. The second-order valence-electron chi connectivity index (χ2n) is 6.09. The number of primary amides is 1. The molecule has 2 saturated heterocycles.